The molecule has 130 valence electrons. The highest BCUT2D eigenvalue weighted by atomic mass is 32.2. The highest BCUT2D eigenvalue weighted by molar-refractivity contribution is 7.92. The second kappa shape index (κ2) is 7.12. The van der Waals surface area contributed by atoms with Crippen LogP contribution in [0, 0.1) is 0 Å². The summed E-state index contributed by atoms with van der Waals surface area (Å²) in [7, 11) is -3.02. The van der Waals surface area contributed by atoms with Crippen molar-refractivity contribution in [1.82, 2.24) is 5.32 Å². The van der Waals surface area contributed by atoms with Gasteiger partial charge in [-0.2, -0.15) is 0 Å². The van der Waals surface area contributed by atoms with Crippen LogP contribution >= 0.6 is 12.2 Å². The molecule has 3 rings (SSSR count). The summed E-state index contributed by atoms with van der Waals surface area (Å²) in [6.07, 6.45) is 1.63. The summed E-state index contributed by atoms with van der Waals surface area (Å²) in [5, 5.41) is 6.25. The molecule has 1 heterocycles. The predicted octanol–water partition coefficient (Wildman–Crippen LogP) is 2.66. The fourth-order valence-electron chi connectivity index (χ4n) is 2.26. The van der Waals surface area contributed by atoms with E-state index in [2.05, 4.69) is 10.6 Å². The molecule has 0 atom stereocenters. The summed E-state index contributed by atoms with van der Waals surface area (Å²) >= 11 is 5.20. The van der Waals surface area contributed by atoms with Crippen molar-refractivity contribution in [2.45, 2.75) is 0 Å². The van der Waals surface area contributed by atoms with E-state index in [1.807, 2.05) is 12.1 Å². The molecule has 0 saturated carbocycles. The summed E-state index contributed by atoms with van der Waals surface area (Å²) in [5.41, 5.74) is 7.68. The van der Waals surface area contributed by atoms with E-state index in [9.17, 15) is 8.42 Å². The molecule has 0 bridgehead atoms. The molecule has 0 radical (unpaired) electrons. The molecule has 0 spiro atoms. The minimum atomic E-state index is -3.02. The van der Waals surface area contributed by atoms with Crippen LogP contribution in [0.1, 0.15) is 0 Å². The number of thiocarbonyl (C=S) groups is 1. The maximum Gasteiger partial charge on any atom is 0.175 e. The second-order valence-corrected chi connectivity index (χ2v) is 8.08. The fraction of sp³-hybridized carbons (Fsp3) is 0.118. The van der Waals surface area contributed by atoms with Crippen LogP contribution in [0.5, 0.6) is 11.5 Å². The molecular formula is C17H17N3O3S2. The Kier molecular flexibility index (Phi) is 4.91. The molecule has 4 N–H and O–H groups in total. The van der Waals surface area contributed by atoms with Crippen LogP contribution in [-0.4, -0.2) is 25.0 Å². The van der Waals surface area contributed by atoms with Crippen LogP contribution in [0.2, 0.25) is 0 Å². The Labute approximate surface area is 151 Å². The number of sulfone groups is 1. The average molecular weight is 375 g/mol. The van der Waals surface area contributed by atoms with Gasteiger partial charge < -0.3 is 21.1 Å². The first-order valence-electron chi connectivity index (χ1n) is 7.50. The van der Waals surface area contributed by atoms with Crippen molar-refractivity contribution < 1.29 is 13.2 Å². The molecule has 0 unspecified atom stereocenters. The Morgan fingerprint density at radius 1 is 1.00 bits per heavy atom. The topological polar surface area (TPSA) is 93.4 Å². The second-order valence-electron chi connectivity index (χ2n) is 5.56. The van der Waals surface area contributed by atoms with E-state index in [0.717, 1.165) is 5.69 Å². The first-order valence-corrected chi connectivity index (χ1v) is 9.73. The third-order valence-electron chi connectivity index (χ3n) is 3.46. The van der Waals surface area contributed by atoms with Gasteiger partial charge in [0.1, 0.15) is 11.5 Å². The van der Waals surface area contributed by atoms with Gasteiger partial charge in [0, 0.05) is 17.1 Å². The summed E-state index contributed by atoms with van der Waals surface area (Å²) in [4.78, 5) is 0. The van der Waals surface area contributed by atoms with Gasteiger partial charge in [0.15, 0.2) is 14.9 Å². The monoisotopic (exact) mass is 375 g/mol. The number of rotatable bonds is 4. The van der Waals surface area contributed by atoms with E-state index in [-0.39, 0.29) is 11.5 Å². The summed E-state index contributed by atoms with van der Waals surface area (Å²) in [6, 6.07) is 14.4. The van der Waals surface area contributed by atoms with E-state index in [1.54, 1.807) is 42.5 Å². The highest BCUT2D eigenvalue weighted by Gasteiger charge is 2.20. The lowest BCUT2D eigenvalue weighted by atomic mass is 10.3. The van der Waals surface area contributed by atoms with Gasteiger partial charge in [-0.15, -0.1) is 0 Å². The molecular weight excluding hydrogens is 358 g/mol. The number of hydrogen-bond donors (Lipinski definition) is 3. The minimum Gasteiger partial charge on any atom is -0.457 e. The lowest BCUT2D eigenvalue weighted by Crippen LogP contribution is -2.29. The number of nitrogens with one attached hydrogen (secondary N) is 2. The molecule has 6 nitrogen and oxygen atoms in total. The van der Waals surface area contributed by atoms with Gasteiger partial charge in [-0.3, -0.25) is 0 Å². The Bertz CT molecular complexity index is 905. The number of nitrogens with two attached hydrogens (primary N) is 1. The normalized spacial score (nSPS) is 15.3. The molecule has 1 aliphatic heterocycles. The molecule has 0 amide bonds. The van der Waals surface area contributed by atoms with Crippen molar-refractivity contribution in [3.63, 3.8) is 0 Å². The fourth-order valence-corrected chi connectivity index (χ4v) is 3.74. The van der Waals surface area contributed by atoms with Crippen molar-refractivity contribution >= 4 is 38.5 Å². The van der Waals surface area contributed by atoms with E-state index in [0.29, 0.717) is 28.0 Å². The van der Waals surface area contributed by atoms with Gasteiger partial charge in [0.2, 0.25) is 0 Å². The Balaban J connectivity index is 1.55. The van der Waals surface area contributed by atoms with Crippen LogP contribution in [0.15, 0.2) is 60.3 Å². The van der Waals surface area contributed by atoms with Gasteiger partial charge in [-0.25, -0.2) is 8.42 Å². The Hall–Kier alpha value is -2.58. The number of anilines is 2. The zero-order valence-corrected chi connectivity index (χ0v) is 14.9. The summed E-state index contributed by atoms with van der Waals surface area (Å²) in [6.45, 7) is 0. The quantitative estimate of drug-likeness (QED) is 0.559. The molecule has 0 aliphatic carbocycles. The molecule has 2 aromatic carbocycles. The molecule has 1 aliphatic rings. The van der Waals surface area contributed by atoms with E-state index in [1.165, 1.54) is 0 Å². The molecule has 0 saturated heterocycles. The van der Waals surface area contributed by atoms with Crippen LogP contribution in [-0.2, 0) is 9.84 Å². The molecule has 2 aromatic rings. The van der Waals surface area contributed by atoms with Crippen molar-refractivity contribution in [2.75, 3.05) is 22.6 Å². The largest absolute Gasteiger partial charge is 0.457 e. The molecule has 0 fully saturated rings. The molecule has 8 heteroatoms. The lowest BCUT2D eigenvalue weighted by Gasteiger charge is -2.11. The Morgan fingerprint density at radius 2 is 1.60 bits per heavy atom. The first kappa shape index (κ1) is 17.2. The maximum atomic E-state index is 11.4. The zero-order valence-electron chi connectivity index (χ0n) is 13.2. The van der Waals surface area contributed by atoms with E-state index in [4.69, 9.17) is 22.7 Å². The van der Waals surface area contributed by atoms with Gasteiger partial charge >= 0.3 is 0 Å². The standard InChI is InChI=1S/C17H17N3O3S2/c18-12-1-5-15(6-2-12)23-16-7-3-13(4-8-16)19-17(24)20-14-9-10-25(21,22)11-14/h1-9H,10-11,18H2,(H2,19,20,24). The SMILES string of the molecule is Nc1ccc(Oc2ccc(NC(=S)NC3=CCS(=O)(=O)C3)cc2)cc1. The van der Waals surface area contributed by atoms with Crippen molar-refractivity contribution in [3.05, 3.63) is 60.3 Å². The predicted molar refractivity (Wildman–Crippen MR) is 103 cm³/mol. The van der Waals surface area contributed by atoms with E-state index >= 15 is 0 Å². The lowest BCUT2D eigenvalue weighted by molar-refractivity contribution is 0.483. The number of benzene rings is 2. The minimum absolute atomic E-state index is 0.0107. The number of nitrogen functional groups attached to an aromatic ring is 1. The van der Waals surface area contributed by atoms with Crippen molar-refractivity contribution in [2.24, 2.45) is 0 Å². The summed E-state index contributed by atoms with van der Waals surface area (Å²) < 4.78 is 28.5. The first-order chi connectivity index (χ1) is 11.9. The van der Waals surface area contributed by atoms with Crippen LogP contribution < -0.4 is 21.1 Å². The van der Waals surface area contributed by atoms with Gasteiger partial charge in [-0.1, -0.05) is 0 Å². The average Bonchev–Trinajstić information content (AvgIpc) is 2.90. The van der Waals surface area contributed by atoms with Crippen LogP contribution in [0.4, 0.5) is 11.4 Å². The van der Waals surface area contributed by atoms with Crippen LogP contribution in [0.3, 0.4) is 0 Å². The number of ether oxygens (including phenoxy) is 1. The molecule has 0 aromatic heterocycles. The van der Waals surface area contributed by atoms with Crippen molar-refractivity contribution in [3.8, 4) is 11.5 Å². The summed E-state index contributed by atoms with van der Waals surface area (Å²) in [5.74, 6) is 1.42. The van der Waals surface area contributed by atoms with Gasteiger partial charge in [0.05, 0.1) is 11.5 Å². The van der Waals surface area contributed by atoms with E-state index < -0.39 is 9.84 Å². The smallest absolute Gasteiger partial charge is 0.175 e. The molecule has 25 heavy (non-hydrogen) atoms. The number of hydrogen-bond acceptors (Lipinski definition) is 5. The van der Waals surface area contributed by atoms with Gasteiger partial charge in [-0.05, 0) is 66.8 Å². The van der Waals surface area contributed by atoms with Crippen molar-refractivity contribution in [1.29, 1.82) is 0 Å². The van der Waals surface area contributed by atoms with Gasteiger partial charge in [0.25, 0.3) is 0 Å². The zero-order chi connectivity index (χ0) is 17.9. The maximum absolute atomic E-state index is 11.4. The van der Waals surface area contributed by atoms with Crippen LogP contribution in [0.25, 0.3) is 0 Å². The third kappa shape index (κ3) is 4.94. The Morgan fingerprint density at radius 3 is 2.16 bits per heavy atom. The third-order valence-corrected chi connectivity index (χ3v) is 5.09. The highest BCUT2D eigenvalue weighted by Crippen LogP contribution is 2.23.